The zero-order valence-electron chi connectivity index (χ0n) is 11.2. The Kier molecular flexibility index (Phi) is 2.89. The summed E-state index contributed by atoms with van der Waals surface area (Å²) in [7, 11) is 0. The predicted molar refractivity (Wildman–Crippen MR) is 70.5 cm³/mol. The Morgan fingerprint density at radius 2 is 1.79 bits per heavy atom. The smallest absolute Gasteiger partial charge is 0.251 e. The predicted octanol–water partition coefficient (Wildman–Crippen LogP) is 2.19. The molecule has 0 radical (unpaired) electrons. The van der Waals surface area contributed by atoms with E-state index in [9.17, 15) is 4.79 Å². The summed E-state index contributed by atoms with van der Waals surface area (Å²) in [5.74, 6) is 0.747. The third-order valence-electron chi connectivity index (χ3n) is 3.40. The van der Waals surface area contributed by atoms with Gasteiger partial charge in [-0.25, -0.2) is 14.6 Å². The highest BCUT2D eigenvalue weighted by Gasteiger charge is 2.21. The molecule has 2 aromatic rings. The molecule has 0 atom stereocenters. The van der Waals surface area contributed by atoms with E-state index in [4.69, 9.17) is 0 Å². The molecule has 0 aliphatic heterocycles. The van der Waals surface area contributed by atoms with Gasteiger partial charge >= 0.3 is 0 Å². The van der Waals surface area contributed by atoms with Crippen LogP contribution in [0.1, 0.15) is 46.7 Å². The fraction of sp³-hybridized carbons (Fsp3) is 0.429. The first-order chi connectivity index (χ1) is 9.15. The van der Waals surface area contributed by atoms with E-state index in [1.165, 1.54) is 0 Å². The van der Waals surface area contributed by atoms with Crippen LogP contribution in [0.4, 0.5) is 0 Å². The van der Waals surface area contributed by atoms with Crippen molar-refractivity contribution in [2.75, 3.05) is 0 Å². The standard InChI is InChI=1S/C14H16N4O/c1-9-7-10(2)17-14(16-9)18-12-5-3-4-6-13(19)11(12)8-15-18/h7-8H,3-6H2,1-2H3. The number of rotatable bonds is 1. The molecule has 19 heavy (non-hydrogen) atoms. The highest BCUT2D eigenvalue weighted by Crippen LogP contribution is 2.22. The topological polar surface area (TPSA) is 60.7 Å². The van der Waals surface area contributed by atoms with Gasteiger partial charge in [0.05, 0.1) is 17.5 Å². The van der Waals surface area contributed by atoms with Crippen molar-refractivity contribution in [1.82, 2.24) is 19.7 Å². The molecule has 0 N–H and O–H groups in total. The molecule has 2 aromatic heterocycles. The van der Waals surface area contributed by atoms with Gasteiger partial charge in [-0.2, -0.15) is 5.10 Å². The molecule has 5 nitrogen and oxygen atoms in total. The van der Waals surface area contributed by atoms with Crippen molar-refractivity contribution in [3.63, 3.8) is 0 Å². The van der Waals surface area contributed by atoms with Crippen molar-refractivity contribution in [2.24, 2.45) is 0 Å². The maximum absolute atomic E-state index is 12.0. The Morgan fingerprint density at radius 1 is 1.11 bits per heavy atom. The average Bonchev–Trinajstić information content (AvgIpc) is 2.69. The fourth-order valence-electron chi connectivity index (χ4n) is 2.53. The fourth-order valence-corrected chi connectivity index (χ4v) is 2.53. The van der Waals surface area contributed by atoms with Crippen LogP contribution in [-0.4, -0.2) is 25.5 Å². The van der Waals surface area contributed by atoms with E-state index in [2.05, 4.69) is 15.1 Å². The van der Waals surface area contributed by atoms with Crippen LogP contribution in [0, 0.1) is 13.8 Å². The van der Waals surface area contributed by atoms with Gasteiger partial charge in [-0.05, 0) is 39.2 Å². The van der Waals surface area contributed by atoms with Crippen LogP contribution < -0.4 is 0 Å². The molecule has 0 aromatic carbocycles. The van der Waals surface area contributed by atoms with Gasteiger partial charge in [0.25, 0.3) is 5.95 Å². The van der Waals surface area contributed by atoms with Crippen LogP contribution in [0.2, 0.25) is 0 Å². The molecule has 5 heteroatoms. The summed E-state index contributed by atoms with van der Waals surface area (Å²) in [6.07, 6.45) is 5.09. The number of ketones is 1. The summed E-state index contributed by atoms with van der Waals surface area (Å²) in [6.45, 7) is 3.87. The van der Waals surface area contributed by atoms with Gasteiger partial charge in [0.15, 0.2) is 5.78 Å². The van der Waals surface area contributed by atoms with E-state index < -0.39 is 0 Å². The second kappa shape index (κ2) is 4.57. The summed E-state index contributed by atoms with van der Waals surface area (Å²) in [6, 6.07) is 1.93. The summed E-state index contributed by atoms with van der Waals surface area (Å²) in [5, 5.41) is 4.31. The van der Waals surface area contributed by atoms with Crippen molar-refractivity contribution in [2.45, 2.75) is 39.5 Å². The second-order valence-electron chi connectivity index (χ2n) is 5.00. The van der Waals surface area contributed by atoms with Gasteiger partial charge in [0, 0.05) is 17.8 Å². The zero-order chi connectivity index (χ0) is 13.4. The van der Waals surface area contributed by atoms with Crippen molar-refractivity contribution in [3.05, 3.63) is 34.9 Å². The molecule has 0 amide bonds. The molecule has 1 aliphatic rings. The van der Waals surface area contributed by atoms with Gasteiger partial charge in [0.1, 0.15) is 0 Å². The number of Topliss-reactive ketones (excluding diaryl/α,β-unsaturated/α-hetero) is 1. The maximum atomic E-state index is 12.0. The number of carbonyl (C=O) groups excluding carboxylic acids is 1. The molecule has 0 unspecified atom stereocenters. The summed E-state index contributed by atoms with van der Waals surface area (Å²) < 4.78 is 1.72. The van der Waals surface area contributed by atoms with E-state index in [0.717, 1.165) is 41.9 Å². The first kappa shape index (κ1) is 12.0. The minimum absolute atomic E-state index is 0.183. The van der Waals surface area contributed by atoms with Gasteiger partial charge in [0.2, 0.25) is 0 Å². The Labute approximate surface area is 111 Å². The monoisotopic (exact) mass is 256 g/mol. The second-order valence-corrected chi connectivity index (χ2v) is 5.00. The molecule has 0 fully saturated rings. The summed E-state index contributed by atoms with van der Waals surface area (Å²) in [5.41, 5.74) is 3.51. The SMILES string of the molecule is Cc1cc(C)nc(-n2ncc3c2CCCCC3=O)n1. The quantitative estimate of drug-likeness (QED) is 0.734. The minimum atomic E-state index is 0.183. The molecular formula is C14H16N4O. The van der Waals surface area contributed by atoms with E-state index in [1.54, 1.807) is 10.9 Å². The van der Waals surface area contributed by atoms with Crippen LogP contribution in [0.3, 0.4) is 0 Å². The van der Waals surface area contributed by atoms with Crippen LogP contribution >= 0.6 is 0 Å². The van der Waals surface area contributed by atoms with Gasteiger partial charge in [-0.3, -0.25) is 4.79 Å². The molecule has 98 valence electrons. The Bertz CT molecular complexity index is 625. The molecule has 0 saturated heterocycles. The number of carbonyl (C=O) groups is 1. The summed E-state index contributed by atoms with van der Waals surface area (Å²) >= 11 is 0. The van der Waals surface area contributed by atoms with Crippen LogP contribution in [0.25, 0.3) is 5.95 Å². The number of nitrogens with zero attached hydrogens (tertiary/aromatic N) is 4. The third kappa shape index (κ3) is 2.16. The number of fused-ring (bicyclic) bond motifs is 1. The Morgan fingerprint density at radius 3 is 2.53 bits per heavy atom. The van der Waals surface area contributed by atoms with Crippen LogP contribution in [-0.2, 0) is 6.42 Å². The third-order valence-corrected chi connectivity index (χ3v) is 3.40. The highest BCUT2D eigenvalue weighted by molar-refractivity contribution is 5.97. The van der Waals surface area contributed by atoms with Crippen LogP contribution in [0.15, 0.2) is 12.3 Å². The number of aromatic nitrogens is 4. The first-order valence-electron chi connectivity index (χ1n) is 6.58. The first-order valence-corrected chi connectivity index (χ1v) is 6.58. The normalized spacial score (nSPS) is 15.2. The van der Waals surface area contributed by atoms with Crippen LogP contribution in [0.5, 0.6) is 0 Å². The van der Waals surface area contributed by atoms with Crippen molar-refractivity contribution in [1.29, 1.82) is 0 Å². The zero-order valence-corrected chi connectivity index (χ0v) is 11.2. The van der Waals surface area contributed by atoms with Gasteiger partial charge < -0.3 is 0 Å². The lowest BCUT2D eigenvalue weighted by Gasteiger charge is -2.07. The van der Waals surface area contributed by atoms with Crippen molar-refractivity contribution in [3.8, 4) is 5.95 Å². The minimum Gasteiger partial charge on any atom is -0.294 e. The molecule has 3 rings (SSSR count). The molecule has 0 saturated carbocycles. The van der Waals surface area contributed by atoms with Crippen molar-refractivity contribution < 1.29 is 4.79 Å². The lowest BCUT2D eigenvalue weighted by atomic mass is 10.1. The largest absolute Gasteiger partial charge is 0.294 e. The molecule has 0 spiro atoms. The average molecular weight is 256 g/mol. The number of hydrogen-bond donors (Lipinski definition) is 0. The van der Waals surface area contributed by atoms with E-state index in [0.29, 0.717) is 12.4 Å². The molecule has 0 bridgehead atoms. The number of hydrogen-bond acceptors (Lipinski definition) is 4. The lowest BCUT2D eigenvalue weighted by molar-refractivity contribution is 0.0982. The number of aryl methyl sites for hydroxylation is 2. The van der Waals surface area contributed by atoms with Gasteiger partial charge in [-0.15, -0.1) is 0 Å². The lowest BCUT2D eigenvalue weighted by Crippen LogP contribution is -2.09. The molecular weight excluding hydrogens is 240 g/mol. The van der Waals surface area contributed by atoms with E-state index in [1.807, 2.05) is 19.9 Å². The highest BCUT2D eigenvalue weighted by atomic mass is 16.1. The Hall–Kier alpha value is -2.04. The van der Waals surface area contributed by atoms with E-state index >= 15 is 0 Å². The molecule has 2 heterocycles. The van der Waals surface area contributed by atoms with E-state index in [-0.39, 0.29) is 5.78 Å². The maximum Gasteiger partial charge on any atom is 0.251 e. The molecule has 1 aliphatic carbocycles. The van der Waals surface area contributed by atoms with Gasteiger partial charge in [-0.1, -0.05) is 0 Å². The Balaban J connectivity index is 2.13. The summed E-state index contributed by atoms with van der Waals surface area (Å²) in [4.78, 5) is 20.8. The van der Waals surface area contributed by atoms with Crippen molar-refractivity contribution >= 4 is 5.78 Å².